The van der Waals surface area contributed by atoms with E-state index in [9.17, 15) is 4.79 Å². The number of benzene rings is 1. The highest BCUT2D eigenvalue weighted by atomic mass is 79.9. The van der Waals surface area contributed by atoms with Crippen molar-refractivity contribution in [1.82, 2.24) is 0 Å². The Kier molecular flexibility index (Phi) is 4.75. The first kappa shape index (κ1) is 19.1. The number of carbonyl (C=O) groups excluding carboxylic acids is 1. The van der Waals surface area contributed by atoms with Gasteiger partial charge in [0.15, 0.2) is 11.3 Å². The number of hydrogen-bond donors (Lipinski definition) is 1. The van der Waals surface area contributed by atoms with Crippen molar-refractivity contribution in [3.05, 3.63) is 33.8 Å². The van der Waals surface area contributed by atoms with Crippen LogP contribution in [0.4, 0.5) is 0 Å². The second-order valence-electron chi connectivity index (χ2n) is 8.61. The zero-order chi connectivity index (χ0) is 19.4. The summed E-state index contributed by atoms with van der Waals surface area (Å²) in [5.74, 6) is 0.864. The molecule has 1 aliphatic heterocycles. The average molecular weight is 433 g/mol. The third-order valence-electron chi connectivity index (χ3n) is 7.48. The van der Waals surface area contributed by atoms with Crippen LogP contribution in [0, 0.1) is 17.3 Å². The third kappa shape index (κ3) is 2.57. The number of nitrogens with two attached hydrogens (primary N) is 1. The number of halogens is 1. The van der Waals surface area contributed by atoms with Crippen molar-refractivity contribution in [2.75, 3.05) is 7.11 Å². The van der Waals surface area contributed by atoms with Crippen LogP contribution in [-0.4, -0.2) is 24.8 Å². The molecule has 0 amide bonds. The minimum Gasteiger partial charge on any atom is -0.387 e. The molecule has 2 aliphatic carbocycles. The number of hydrogen-bond acceptors (Lipinski definition) is 4. The van der Waals surface area contributed by atoms with Crippen molar-refractivity contribution in [2.24, 2.45) is 28.0 Å². The predicted molar refractivity (Wildman–Crippen MR) is 111 cm³/mol. The minimum absolute atomic E-state index is 0.0108. The van der Waals surface area contributed by atoms with E-state index in [2.05, 4.69) is 41.1 Å². The molecule has 0 saturated heterocycles. The van der Waals surface area contributed by atoms with Crippen LogP contribution in [0.25, 0.3) is 0 Å². The van der Waals surface area contributed by atoms with E-state index in [1.54, 1.807) is 7.11 Å². The first-order valence-corrected chi connectivity index (χ1v) is 10.9. The summed E-state index contributed by atoms with van der Waals surface area (Å²) < 4.78 is 6.62. The molecule has 0 bridgehead atoms. The van der Waals surface area contributed by atoms with Gasteiger partial charge in [-0.2, -0.15) is 0 Å². The molecule has 3 atom stereocenters. The number of ether oxygens (including phenoxy) is 1. The molecule has 0 radical (unpaired) electrons. The molecular weight excluding hydrogens is 404 g/mol. The summed E-state index contributed by atoms with van der Waals surface area (Å²) in [6, 6.07) is 6.35. The van der Waals surface area contributed by atoms with E-state index in [0.29, 0.717) is 5.84 Å². The van der Waals surface area contributed by atoms with Gasteiger partial charge in [-0.1, -0.05) is 35.8 Å². The molecular formula is C22H29BrN2O2. The smallest absolute Gasteiger partial charge is 0.169 e. The van der Waals surface area contributed by atoms with Crippen LogP contribution in [0.3, 0.4) is 0 Å². The number of ketones is 1. The molecule has 1 aromatic rings. The second-order valence-corrected chi connectivity index (χ2v) is 9.52. The van der Waals surface area contributed by atoms with Gasteiger partial charge in [-0.25, -0.2) is 0 Å². The quantitative estimate of drug-likeness (QED) is 0.753. The highest BCUT2D eigenvalue weighted by Gasteiger charge is 2.65. The fourth-order valence-corrected chi connectivity index (χ4v) is 6.26. The Balaban J connectivity index is 1.93. The Morgan fingerprint density at radius 2 is 2.04 bits per heavy atom. The van der Waals surface area contributed by atoms with E-state index >= 15 is 0 Å². The molecule has 3 aliphatic rings. The third-order valence-corrected chi connectivity index (χ3v) is 7.97. The molecule has 146 valence electrons. The molecule has 2 N–H and O–H groups in total. The maximum absolute atomic E-state index is 14.0. The first-order valence-electron chi connectivity index (χ1n) is 10.1. The van der Waals surface area contributed by atoms with Crippen LogP contribution >= 0.6 is 15.9 Å². The zero-order valence-electron chi connectivity index (χ0n) is 16.4. The lowest BCUT2D eigenvalue weighted by molar-refractivity contribution is -0.137. The molecule has 4 rings (SSSR count). The SMILES string of the molecule is CCC1C(=O)C2(N=C(N)C1C)c1cc(Br)ccc1CC21CCC(OC)CC1. The largest absolute Gasteiger partial charge is 0.387 e. The fraction of sp³-hybridized carbons (Fsp3) is 0.636. The minimum atomic E-state index is -0.831. The number of aliphatic imine (C=N–C) groups is 1. The molecule has 0 aromatic heterocycles. The van der Waals surface area contributed by atoms with Gasteiger partial charge < -0.3 is 10.5 Å². The van der Waals surface area contributed by atoms with Crippen LogP contribution in [-0.2, 0) is 21.5 Å². The van der Waals surface area contributed by atoms with E-state index in [4.69, 9.17) is 15.5 Å². The highest BCUT2D eigenvalue weighted by Crippen LogP contribution is 2.62. The number of nitrogens with zero attached hydrogens (tertiary/aromatic N) is 1. The number of rotatable bonds is 2. The average Bonchev–Trinajstić information content (AvgIpc) is 2.91. The predicted octanol–water partition coefficient (Wildman–Crippen LogP) is 4.38. The van der Waals surface area contributed by atoms with E-state index < -0.39 is 5.54 Å². The van der Waals surface area contributed by atoms with Gasteiger partial charge in [0.2, 0.25) is 0 Å². The summed E-state index contributed by atoms with van der Waals surface area (Å²) in [5.41, 5.74) is 7.78. The molecule has 4 nitrogen and oxygen atoms in total. The first-order chi connectivity index (χ1) is 12.9. The molecule has 27 heavy (non-hydrogen) atoms. The van der Waals surface area contributed by atoms with Crippen LogP contribution in [0.5, 0.6) is 0 Å². The Morgan fingerprint density at radius 1 is 1.33 bits per heavy atom. The Hall–Kier alpha value is -1.20. The van der Waals surface area contributed by atoms with Gasteiger partial charge in [-0.15, -0.1) is 0 Å². The second kappa shape index (κ2) is 6.70. The number of carbonyl (C=O) groups is 1. The van der Waals surface area contributed by atoms with Gasteiger partial charge >= 0.3 is 0 Å². The number of Topliss-reactive ketones (excluding diaryl/α,β-unsaturated/α-hetero) is 1. The summed E-state index contributed by atoms with van der Waals surface area (Å²) >= 11 is 3.62. The summed E-state index contributed by atoms with van der Waals surface area (Å²) in [6.07, 6.45) is 5.84. The summed E-state index contributed by atoms with van der Waals surface area (Å²) in [6.45, 7) is 4.14. The molecule has 1 fully saturated rings. The molecule has 1 heterocycles. The van der Waals surface area contributed by atoms with Gasteiger partial charge in [0.25, 0.3) is 0 Å². The van der Waals surface area contributed by atoms with E-state index in [-0.39, 0.29) is 29.1 Å². The van der Waals surface area contributed by atoms with E-state index in [1.165, 1.54) is 5.56 Å². The molecule has 1 aromatic carbocycles. The number of methoxy groups -OCH3 is 1. The van der Waals surface area contributed by atoms with Gasteiger partial charge in [0.05, 0.1) is 11.9 Å². The van der Waals surface area contributed by atoms with Crippen molar-refractivity contribution in [3.8, 4) is 0 Å². The standard InChI is InChI=1S/C22H29BrN2O2/c1-4-17-13(2)20(24)25-22(19(17)26)18-11-15(23)6-5-14(18)12-21(22)9-7-16(27-3)8-10-21/h5-6,11,13,16-17H,4,7-10,12H2,1-3H3,(H2,24,25). The lowest BCUT2D eigenvalue weighted by Crippen LogP contribution is -2.57. The zero-order valence-corrected chi connectivity index (χ0v) is 18.0. The van der Waals surface area contributed by atoms with Gasteiger partial charge in [-0.3, -0.25) is 9.79 Å². The lowest BCUT2D eigenvalue weighted by atomic mass is 9.56. The summed E-state index contributed by atoms with van der Waals surface area (Å²) in [4.78, 5) is 19.1. The van der Waals surface area contributed by atoms with E-state index in [1.807, 2.05) is 6.92 Å². The normalized spacial score (nSPS) is 38.3. The fourth-order valence-electron chi connectivity index (χ4n) is 5.90. The monoisotopic (exact) mass is 432 g/mol. The van der Waals surface area contributed by atoms with Crippen molar-refractivity contribution in [3.63, 3.8) is 0 Å². The molecule has 5 heteroatoms. The van der Waals surface area contributed by atoms with Crippen LogP contribution in [0.2, 0.25) is 0 Å². The molecule has 1 saturated carbocycles. The Morgan fingerprint density at radius 3 is 2.67 bits per heavy atom. The number of fused-ring (bicyclic) bond motifs is 3. The maximum atomic E-state index is 14.0. The summed E-state index contributed by atoms with van der Waals surface area (Å²) in [7, 11) is 1.79. The van der Waals surface area contributed by atoms with Crippen LogP contribution in [0.1, 0.15) is 57.1 Å². The van der Waals surface area contributed by atoms with Gasteiger partial charge in [0.1, 0.15) is 0 Å². The van der Waals surface area contributed by atoms with Crippen molar-refractivity contribution in [2.45, 2.75) is 64.0 Å². The highest BCUT2D eigenvalue weighted by molar-refractivity contribution is 9.10. The van der Waals surface area contributed by atoms with Crippen molar-refractivity contribution in [1.29, 1.82) is 0 Å². The van der Waals surface area contributed by atoms with Crippen molar-refractivity contribution < 1.29 is 9.53 Å². The number of amidine groups is 1. The Labute approximate surface area is 170 Å². The van der Waals surface area contributed by atoms with Crippen LogP contribution < -0.4 is 5.73 Å². The Bertz CT molecular complexity index is 798. The van der Waals surface area contributed by atoms with Crippen molar-refractivity contribution >= 4 is 27.5 Å². The van der Waals surface area contributed by atoms with E-state index in [0.717, 1.165) is 48.6 Å². The van der Waals surface area contributed by atoms with Gasteiger partial charge in [0, 0.05) is 28.8 Å². The maximum Gasteiger partial charge on any atom is 0.169 e. The lowest BCUT2D eigenvalue weighted by Gasteiger charge is -2.50. The molecule has 3 unspecified atom stereocenters. The topological polar surface area (TPSA) is 64.7 Å². The summed E-state index contributed by atoms with van der Waals surface area (Å²) in [5, 5.41) is 0. The van der Waals surface area contributed by atoms with Crippen LogP contribution in [0.15, 0.2) is 27.7 Å². The van der Waals surface area contributed by atoms with Gasteiger partial charge in [-0.05, 0) is 61.8 Å². The molecule has 2 spiro atoms.